The van der Waals surface area contributed by atoms with E-state index in [1.807, 2.05) is 13.8 Å². The van der Waals surface area contributed by atoms with Gasteiger partial charge in [-0.15, -0.1) is 0 Å². The molecule has 6 nitrogen and oxygen atoms in total. The smallest absolute Gasteiger partial charge is 0.341 e. The molecule has 1 atom stereocenters. The number of hydrogen-bond donors (Lipinski definition) is 2. The molecule has 0 radical (unpaired) electrons. The van der Waals surface area contributed by atoms with Crippen molar-refractivity contribution in [2.24, 2.45) is 5.92 Å². The molecule has 0 aliphatic carbocycles. The van der Waals surface area contributed by atoms with Gasteiger partial charge in [-0.1, -0.05) is 6.07 Å². The summed E-state index contributed by atoms with van der Waals surface area (Å²) in [6.07, 6.45) is 0.926. The molecule has 0 spiro atoms. The molecule has 0 saturated carbocycles. The second kappa shape index (κ2) is 6.79. The summed E-state index contributed by atoms with van der Waals surface area (Å²) in [4.78, 5) is 22.7. The van der Waals surface area contributed by atoms with Gasteiger partial charge >= 0.3 is 5.97 Å². The van der Waals surface area contributed by atoms with E-state index in [9.17, 15) is 9.59 Å². The second-order valence-corrected chi connectivity index (χ2v) is 5.86. The van der Waals surface area contributed by atoms with Crippen molar-refractivity contribution >= 4 is 11.9 Å². The maximum atomic E-state index is 12.2. The number of nitrogens with one attached hydrogen (secondary N) is 1. The molecule has 1 aromatic carbocycles. The monoisotopic (exact) mass is 307 g/mol. The Bertz CT molecular complexity index is 555. The van der Waals surface area contributed by atoms with Crippen LogP contribution in [-0.4, -0.2) is 42.3 Å². The van der Waals surface area contributed by atoms with Crippen molar-refractivity contribution in [1.82, 2.24) is 5.32 Å². The molecule has 1 heterocycles. The Morgan fingerprint density at radius 1 is 1.45 bits per heavy atom. The van der Waals surface area contributed by atoms with E-state index in [0.29, 0.717) is 24.5 Å². The zero-order valence-electron chi connectivity index (χ0n) is 12.8. The third kappa shape index (κ3) is 4.21. The molecule has 0 bridgehead atoms. The van der Waals surface area contributed by atoms with Crippen molar-refractivity contribution in [3.05, 3.63) is 29.8 Å². The lowest BCUT2D eigenvalue weighted by Gasteiger charge is -2.25. The highest BCUT2D eigenvalue weighted by molar-refractivity contribution is 5.94. The van der Waals surface area contributed by atoms with Gasteiger partial charge in [-0.2, -0.15) is 0 Å². The molecule has 6 heteroatoms. The van der Waals surface area contributed by atoms with Crippen LogP contribution in [0.1, 0.15) is 30.6 Å². The highest BCUT2D eigenvalue weighted by Gasteiger charge is 2.35. The van der Waals surface area contributed by atoms with E-state index in [2.05, 4.69) is 5.32 Å². The number of ether oxygens (including phenoxy) is 2. The van der Waals surface area contributed by atoms with Gasteiger partial charge in [-0.3, -0.25) is 4.79 Å². The van der Waals surface area contributed by atoms with Crippen LogP contribution in [0.5, 0.6) is 5.75 Å². The quantitative estimate of drug-likeness (QED) is 0.835. The Labute approximate surface area is 129 Å². The molecule has 1 aliphatic rings. The van der Waals surface area contributed by atoms with Crippen molar-refractivity contribution in [3.8, 4) is 5.75 Å². The second-order valence-electron chi connectivity index (χ2n) is 5.86. The highest BCUT2D eigenvalue weighted by atomic mass is 16.5. The predicted octanol–water partition coefficient (Wildman–Crippen LogP) is 1.69. The van der Waals surface area contributed by atoms with E-state index in [-0.39, 0.29) is 17.4 Å². The normalized spacial score (nSPS) is 19.6. The molecular weight excluding hydrogens is 286 g/mol. The lowest BCUT2D eigenvalue weighted by Crippen LogP contribution is -2.37. The summed E-state index contributed by atoms with van der Waals surface area (Å²) in [6.45, 7) is 4.88. The topological polar surface area (TPSA) is 84.9 Å². The van der Waals surface area contributed by atoms with Crippen LogP contribution in [0.4, 0.5) is 0 Å². The number of amides is 1. The Morgan fingerprint density at radius 2 is 2.23 bits per heavy atom. The average Bonchev–Trinajstić information content (AvgIpc) is 2.81. The van der Waals surface area contributed by atoms with Crippen molar-refractivity contribution in [1.29, 1.82) is 0 Å². The molecule has 1 fully saturated rings. The number of carbonyl (C=O) groups is 2. The number of carbonyl (C=O) groups excluding carboxylic acids is 1. The van der Waals surface area contributed by atoms with Gasteiger partial charge in [0, 0.05) is 24.6 Å². The Hall–Kier alpha value is -2.08. The fourth-order valence-corrected chi connectivity index (χ4v) is 2.47. The van der Waals surface area contributed by atoms with E-state index in [0.717, 1.165) is 6.42 Å². The van der Waals surface area contributed by atoms with Gasteiger partial charge in [-0.25, -0.2) is 4.79 Å². The van der Waals surface area contributed by atoms with Gasteiger partial charge in [0.05, 0.1) is 5.60 Å². The third-order valence-corrected chi connectivity index (χ3v) is 3.89. The van der Waals surface area contributed by atoms with Crippen LogP contribution in [0, 0.1) is 5.92 Å². The minimum atomic E-state index is -1.06. The minimum Gasteiger partial charge on any atom is -0.482 e. The highest BCUT2D eigenvalue weighted by Crippen LogP contribution is 2.30. The van der Waals surface area contributed by atoms with E-state index in [4.69, 9.17) is 14.6 Å². The molecule has 0 aromatic heterocycles. The summed E-state index contributed by atoms with van der Waals surface area (Å²) >= 11 is 0. The summed E-state index contributed by atoms with van der Waals surface area (Å²) in [5.74, 6) is -0.621. The average molecular weight is 307 g/mol. The molecule has 1 saturated heterocycles. The fraction of sp³-hybridized carbons (Fsp3) is 0.500. The SMILES string of the molecule is CC1(C)OCCC1CNC(=O)c1cccc(OCC(=O)O)c1. The number of carboxylic acids is 1. The lowest BCUT2D eigenvalue weighted by molar-refractivity contribution is -0.139. The predicted molar refractivity (Wildman–Crippen MR) is 80.0 cm³/mol. The van der Waals surface area contributed by atoms with Gasteiger partial charge in [0.25, 0.3) is 5.91 Å². The van der Waals surface area contributed by atoms with Gasteiger partial charge in [0.1, 0.15) is 5.75 Å². The first kappa shape index (κ1) is 16.3. The molecule has 22 heavy (non-hydrogen) atoms. The third-order valence-electron chi connectivity index (χ3n) is 3.89. The Kier molecular flexibility index (Phi) is 5.03. The molecule has 2 rings (SSSR count). The fourth-order valence-electron chi connectivity index (χ4n) is 2.47. The molecule has 1 unspecified atom stereocenters. The first-order chi connectivity index (χ1) is 10.4. The van der Waals surface area contributed by atoms with Crippen LogP contribution in [0.15, 0.2) is 24.3 Å². The molecule has 120 valence electrons. The van der Waals surface area contributed by atoms with Crippen molar-refractivity contribution in [2.75, 3.05) is 19.8 Å². The maximum absolute atomic E-state index is 12.2. The number of carboxylic acid groups (broad SMARTS) is 1. The van der Waals surface area contributed by atoms with Crippen LogP contribution in [-0.2, 0) is 9.53 Å². The van der Waals surface area contributed by atoms with Crippen LogP contribution in [0.2, 0.25) is 0 Å². The number of rotatable bonds is 6. The summed E-state index contributed by atoms with van der Waals surface area (Å²) in [6, 6.07) is 6.48. The molecule has 1 aromatic rings. The maximum Gasteiger partial charge on any atom is 0.341 e. The summed E-state index contributed by atoms with van der Waals surface area (Å²) < 4.78 is 10.7. The van der Waals surface area contributed by atoms with Crippen LogP contribution in [0.25, 0.3) is 0 Å². The largest absolute Gasteiger partial charge is 0.482 e. The van der Waals surface area contributed by atoms with Gasteiger partial charge in [-0.05, 0) is 38.5 Å². The molecule has 1 amide bonds. The summed E-state index contributed by atoms with van der Waals surface area (Å²) in [5.41, 5.74) is 0.222. The number of hydrogen-bond acceptors (Lipinski definition) is 4. The summed E-state index contributed by atoms with van der Waals surface area (Å²) in [7, 11) is 0. The van der Waals surface area contributed by atoms with Crippen molar-refractivity contribution in [2.45, 2.75) is 25.9 Å². The molecule has 1 aliphatic heterocycles. The molecular formula is C16H21NO5. The van der Waals surface area contributed by atoms with Crippen molar-refractivity contribution in [3.63, 3.8) is 0 Å². The zero-order chi connectivity index (χ0) is 16.2. The van der Waals surface area contributed by atoms with Gasteiger partial charge < -0.3 is 19.9 Å². The Balaban J connectivity index is 1.92. The van der Waals surface area contributed by atoms with E-state index in [1.165, 1.54) is 6.07 Å². The van der Waals surface area contributed by atoms with Gasteiger partial charge in [0.2, 0.25) is 0 Å². The molecule has 2 N–H and O–H groups in total. The van der Waals surface area contributed by atoms with Gasteiger partial charge in [0.15, 0.2) is 6.61 Å². The zero-order valence-corrected chi connectivity index (χ0v) is 12.8. The first-order valence-electron chi connectivity index (χ1n) is 7.25. The summed E-state index contributed by atoms with van der Waals surface area (Å²) in [5, 5.41) is 11.5. The lowest BCUT2D eigenvalue weighted by atomic mass is 9.91. The van der Waals surface area contributed by atoms with E-state index < -0.39 is 12.6 Å². The standard InChI is InChI=1S/C16H21NO5/c1-16(2)12(6-7-22-16)9-17-15(20)11-4-3-5-13(8-11)21-10-14(18)19/h3-5,8,12H,6-7,9-10H2,1-2H3,(H,17,20)(H,18,19). The van der Waals surface area contributed by atoms with Crippen LogP contribution >= 0.6 is 0 Å². The number of benzene rings is 1. The first-order valence-corrected chi connectivity index (χ1v) is 7.25. The van der Waals surface area contributed by atoms with E-state index in [1.54, 1.807) is 18.2 Å². The van der Waals surface area contributed by atoms with Crippen LogP contribution < -0.4 is 10.1 Å². The minimum absolute atomic E-state index is 0.205. The van der Waals surface area contributed by atoms with Crippen molar-refractivity contribution < 1.29 is 24.2 Å². The van der Waals surface area contributed by atoms with Crippen LogP contribution in [0.3, 0.4) is 0 Å². The Morgan fingerprint density at radius 3 is 2.86 bits per heavy atom. The number of aliphatic carboxylic acids is 1. The van der Waals surface area contributed by atoms with E-state index >= 15 is 0 Å².